The van der Waals surface area contributed by atoms with Gasteiger partial charge < -0.3 is 20.3 Å². The van der Waals surface area contributed by atoms with Crippen LogP contribution in [0.5, 0.6) is 5.75 Å². The van der Waals surface area contributed by atoms with E-state index in [0.717, 1.165) is 30.3 Å². The Kier molecular flexibility index (Phi) is 8.77. The first-order chi connectivity index (χ1) is 12.7. The molecule has 154 valence electrons. The van der Waals surface area contributed by atoms with E-state index in [1.165, 1.54) is 38.5 Å². The predicted molar refractivity (Wildman–Crippen MR) is 107 cm³/mol. The lowest BCUT2D eigenvalue weighted by Crippen LogP contribution is -2.41. The lowest BCUT2D eigenvalue weighted by atomic mass is 9.86. The van der Waals surface area contributed by atoms with Gasteiger partial charge in [-0.3, -0.25) is 4.52 Å². The highest BCUT2D eigenvalue weighted by molar-refractivity contribution is 7.46. The van der Waals surface area contributed by atoms with E-state index in [2.05, 4.69) is 4.52 Å². The van der Waals surface area contributed by atoms with E-state index in [9.17, 15) is 4.57 Å². The number of hydrogen-bond donors (Lipinski definition) is 3. The third kappa shape index (κ3) is 9.72. The molecule has 0 saturated heterocycles. The first-order valence-electron chi connectivity index (χ1n) is 9.94. The average Bonchev–Trinajstić information content (AvgIpc) is 2.63. The van der Waals surface area contributed by atoms with Crippen molar-refractivity contribution in [2.45, 2.75) is 70.3 Å². The standard InChI is InChI=1S/C20H34NO5P/c1-20(21,16-26-27(22,23)24)14-13-18-9-11-19(12-10-18)25-15-5-8-17-6-3-2-4-7-17/h9-12,17H,2-8,13-16,21H2,1H3,(H2,22,23,24)/t20-/m1/s1. The number of phosphoric acid groups is 1. The van der Waals surface area contributed by atoms with Gasteiger partial charge in [-0.25, -0.2) is 4.57 Å². The molecule has 7 heteroatoms. The van der Waals surface area contributed by atoms with Gasteiger partial charge in [0.2, 0.25) is 0 Å². The summed E-state index contributed by atoms with van der Waals surface area (Å²) in [6.07, 6.45) is 10.6. The maximum absolute atomic E-state index is 10.8. The molecule has 0 radical (unpaired) electrons. The van der Waals surface area contributed by atoms with Crippen LogP contribution in [0.3, 0.4) is 0 Å². The molecule has 0 heterocycles. The van der Waals surface area contributed by atoms with E-state index in [1.807, 2.05) is 24.3 Å². The normalized spacial score (nSPS) is 18.2. The molecular weight excluding hydrogens is 365 g/mol. The molecule has 1 aromatic carbocycles. The second-order valence-electron chi connectivity index (χ2n) is 8.06. The zero-order chi connectivity index (χ0) is 19.8. The van der Waals surface area contributed by atoms with Crippen LogP contribution in [0.2, 0.25) is 0 Å². The summed E-state index contributed by atoms with van der Waals surface area (Å²) in [7, 11) is -4.48. The Hall–Kier alpha value is -0.910. The van der Waals surface area contributed by atoms with Crippen molar-refractivity contribution in [2.24, 2.45) is 11.7 Å². The molecule has 6 nitrogen and oxygen atoms in total. The lowest BCUT2D eigenvalue weighted by Gasteiger charge is -2.24. The first kappa shape index (κ1) is 22.4. The number of phosphoric ester groups is 1. The third-order valence-electron chi connectivity index (χ3n) is 5.22. The summed E-state index contributed by atoms with van der Waals surface area (Å²) in [5, 5.41) is 0. The molecule has 2 rings (SSSR count). The Morgan fingerprint density at radius 1 is 1.19 bits per heavy atom. The minimum Gasteiger partial charge on any atom is -0.494 e. The molecule has 1 aliphatic carbocycles. The van der Waals surface area contributed by atoms with Crippen molar-refractivity contribution in [1.29, 1.82) is 0 Å². The highest BCUT2D eigenvalue weighted by Crippen LogP contribution is 2.36. The van der Waals surface area contributed by atoms with Gasteiger partial charge in [0.1, 0.15) is 5.75 Å². The number of nitrogens with two attached hydrogens (primary N) is 1. The number of benzene rings is 1. The van der Waals surface area contributed by atoms with Gasteiger partial charge in [0, 0.05) is 5.54 Å². The van der Waals surface area contributed by atoms with Gasteiger partial charge >= 0.3 is 7.82 Å². The Balaban J connectivity index is 1.66. The Morgan fingerprint density at radius 3 is 2.48 bits per heavy atom. The van der Waals surface area contributed by atoms with Crippen molar-refractivity contribution in [3.8, 4) is 5.75 Å². The van der Waals surface area contributed by atoms with Gasteiger partial charge in [0.25, 0.3) is 0 Å². The van der Waals surface area contributed by atoms with Crippen LogP contribution in [0, 0.1) is 5.92 Å². The molecular formula is C20H34NO5P. The van der Waals surface area contributed by atoms with Gasteiger partial charge in [0.15, 0.2) is 0 Å². The second kappa shape index (κ2) is 10.6. The third-order valence-corrected chi connectivity index (χ3v) is 5.69. The van der Waals surface area contributed by atoms with E-state index >= 15 is 0 Å². The van der Waals surface area contributed by atoms with Gasteiger partial charge in [-0.15, -0.1) is 0 Å². The number of ether oxygens (including phenoxy) is 1. The molecule has 1 aromatic rings. The summed E-state index contributed by atoms with van der Waals surface area (Å²) >= 11 is 0. The summed E-state index contributed by atoms with van der Waals surface area (Å²) in [5.74, 6) is 1.77. The monoisotopic (exact) mass is 399 g/mol. The summed E-state index contributed by atoms with van der Waals surface area (Å²) in [4.78, 5) is 17.6. The van der Waals surface area contributed by atoms with Crippen LogP contribution >= 0.6 is 7.82 Å². The maximum Gasteiger partial charge on any atom is 0.469 e. The van der Waals surface area contributed by atoms with Crippen molar-refractivity contribution < 1.29 is 23.6 Å². The van der Waals surface area contributed by atoms with E-state index in [-0.39, 0.29) is 6.61 Å². The molecule has 0 aromatic heterocycles. The fraction of sp³-hybridized carbons (Fsp3) is 0.700. The number of hydrogen-bond acceptors (Lipinski definition) is 4. The molecule has 27 heavy (non-hydrogen) atoms. The molecule has 0 unspecified atom stereocenters. The Bertz CT molecular complexity index is 593. The minimum atomic E-state index is -4.48. The van der Waals surface area contributed by atoms with Crippen molar-refractivity contribution in [3.05, 3.63) is 29.8 Å². The maximum atomic E-state index is 10.8. The van der Waals surface area contributed by atoms with Crippen LogP contribution < -0.4 is 10.5 Å². The van der Waals surface area contributed by atoms with Crippen molar-refractivity contribution in [1.82, 2.24) is 0 Å². The second-order valence-corrected chi connectivity index (χ2v) is 9.30. The predicted octanol–water partition coefficient (Wildman–Crippen LogP) is 4.19. The summed E-state index contributed by atoms with van der Waals surface area (Å²) in [5.41, 5.74) is 6.36. The average molecular weight is 399 g/mol. The van der Waals surface area contributed by atoms with Crippen LogP contribution in [-0.4, -0.2) is 28.5 Å². The van der Waals surface area contributed by atoms with E-state index in [1.54, 1.807) is 6.92 Å². The van der Waals surface area contributed by atoms with E-state index in [4.69, 9.17) is 20.3 Å². The van der Waals surface area contributed by atoms with Gasteiger partial charge in [0.05, 0.1) is 13.2 Å². The van der Waals surface area contributed by atoms with Crippen LogP contribution in [0.25, 0.3) is 0 Å². The van der Waals surface area contributed by atoms with Crippen molar-refractivity contribution in [3.63, 3.8) is 0 Å². The van der Waals surface area contributed by atoms with Gasteiger partial charge in [-0.2, -0.15) is 0 Å². The topological polar surface area (TPSA) is 102 Å². The molecule has 0 bridgehead atoms. The summed E-state index contributed by atoms with van der Waals surface area (Å²) in [6.45, 7) is 2.31. The fourth-order valence-electron chi connectivity index (χ4n) is 3.52. The van der Waals surface area contributed by atoms with Crippen molar-refractivity contribution >= 4 is 7.82 Å². The van der Waals surface area contributed by atoms with Crippen LogP contribution in [0.15, 0.2) is 24.3 Å². The zero-order valence-electron chi connectivity index (χ0n) is 16.3. The molecule has 1 atom stereocenters. The molecule has 0 aliphatic heterocycles. The highest BCUT2D eigenvalue weighted by atomic mass is 31.2. The van der Waals surface area contributed by atoms with Crippen LogP contribution in [0.4, 0.5) is 0 Å². The number of rotatable bonds is 11. The molecule has 0 amide bonds. The van der Waals surface area contributed by atoms with Crippen molar-refractivity contribution in [2.75, 3.05) is 13.2 Å². The van der Waals surface area contributed by atoms with E-state index < -0.39 is 13.4 Å². The molecule has 1 fully saturated rings. The first-order valence-corrected chi connectivity index (χ1v) is 11.5. The van der Waals surface area contributed by atoms with E-state index in [0.29, 0.717) is 12.8 Å². The number of aryl methyl sites for hydroxylation is 1. The van der Waals surface area contributed by atoms with Gasteiger partial charge in [-0.1, -0.05) is 44.2 Å². The summed E-state index contributed by atoms with van der Waals surface area (Å²) in [6, 6.07) is 7.96. The molecule has 0 spiro atoms. The minimum absolute atomic E-state index is 0.181. The quantitative estimate of drug-likeness (QED) is 0.381. The fourth-order valence-corrected chi connectivity index (χ4v) is 3.99. The van der Waals surface area contributed by atoms with Gasteiger partial charge in [-0.05, 0) is 56.2 Å². The smallest absolute Gasteiger partial charge is 0.469 e. The van der Waals surface area contributed by atoms with Crippen LogP contribution in [-0.2, 0) is 15.5 Å². The summed E-state index contributed by atoms with van der Waals surface area (Å²) < 4.78 is 21.2. The Labute approximate surface area is 162 Å². The molecule has 1 aliphatic rings. The largest absolute Gasteiger partial charge is 0.494 e. The zero-order valence-corrected chi connectivity index (χ0v) is 17.2. The highest BCUT2D eigenvalue weighted by Gasteiger charge is 2.24. The molecule has 1 saturated carbocycles. The lowest BCUT2D eigenvalue weighted by molar-refractivity contribution is 0.154. The van der Waals surface area contributed by atoms with Crippen LogP contribution in [0.1, 0.15) is 63.9 Å². The SMILES string of the molecule is C[C@@](N)(CCc1ccc(OCCCC2CCCCC2)cc1)COP(=O)(O)O. The Morgan fingerprint density at radius 2 is 1.85 bits per heavy atom. The molecule has 4 N–H and O–H groups in total.